The number of hydrogen-bond donors (Lipinski definition) is 1. The Morgan fingerprint density at radius 2 is 2.23 bits per heavy atom. The Labute approximate surface area is 150 Å². The fourth-order valence-corrected chi connectivity index (χ4v) is 2.42. The van der Waals surface area contributed by atoms with Crippen molar-refractivity contribution < 1.29 is 14.3 Å². The molecular formula is C17H20N6O3. The first-order chi connectivity index (χ1) is 12.6. The van der Waals surface area contributed by atoms with Crippen molar-refractivity contribution in [3.63, 3.8) is 0 Å². The molecule has 0 aliphatic carbocycles. The number of carbonyl (C=O) groups is 1. The van der Waals surface area contributed by atoms with Gasteiger partial charge < -0.3 is 20.1 Å². The molecule has 1 fully saturated rings. The van der Waals surface area contributed by atoms with Gasteiger partial charge in [0.2, 0.25) is 0 Å². The summed E-state index contributed by atoms with van der Waals surface area (Å²) in [5.74, 6) is 0.556. The first-order valence-electron chi connectivity index (χ1n) is 8.22. The van der Waals surface area contributed by atoms with Gasteiger partial charge in [0, 0.05) is 6.07 Å². The largest absolute Gasteiger partial charge is 0.461 e. The van der Waals surface area contributed by atoms with Crippen LogP contribution in [-0.2, 0) is 11.3 Å². The minimum absolute atomic E-state index is 0.0991. The molecule has 3 rings (SSSR count). The molecule has 26 heavy (non-hydrogen) atoms. The van der Waals surface area contributed by atoms with Crippen molar-refractivity contribution in [1.29, 1.82) is 0 Å². The molecule has 2 heterocycles. The van der Waals surface area contributed by atoms with Gasteiger partial charge in [0.25, 0.3) is 0 Å². The average Bonchev–Trinajstić information content (AvgIpc) is 3.00. The zero-order valence-corrected chi connectivity index (χ0v) is 14.5. The molecule has 1 aliphatic heterocycles. The van der Waals surface area contributed by atoms with E-state index < -0.39 is 0 Å². The van der Waals surface area contributed by atoms with Gasteiger partial charge in [0.05, 0.1) is 19.6 Å². The first kappa shape index (κ1) is 17.6. The standard InChI is InChI=1S/C17H20N6O3/c1-12-3-2-4-13(9-12)11-19-22-15-10-14(18)20-16(21-15)25-7-5-23-6-8-26-17(23)24/h2-4,9-10H,5-8,11H2,1H3,(H2,18,20,21). The number of anilines is 1. The Bertz CT molecular complexity index is 811. The number of hydrogen-bond acceptors (Lipinski definition) is 8. The summed E-state index contributed by atoms with van der Waals surface area (Å²) in [6.07, 6.45) is -0.340. The summed E-state index contributed by atoms with van der Waals surface area (Å²) in [4.78, 5) is 21.1. The summed E-state index contributed by atoms with van der Waals surface area (Å²) >= 11 is 0. The fourth-order valence-electron chi connectivity index (χ4n) is 2.42. The monoisotopic (exact) mass is 356 g/mol. The van der Waals surface area contributed by atoms with E-state index in [4.69, 9.17) is 15.2 Å². The van der Waals surface area contributed by atoms with Gasteiger partial charge in [0.15, 0.2) is 5.82 Å². The highest BCUT2D eigenvalue weighted by Gasteiger charge is 2.21. The Kier molecular flexibility index (Phi) is 5.57. The topological polar surface area (TPSA) is 115 Å². The van der Waals surface area contributed by atoms with Crippen LogP contribution in [0.4, 0.5) is 16.4 Å². The number of carbonyl (C=O) groups excluding carboxylic acids is 1. The molecule has 1 aromatic carbocycles. The highest BCUT2D eigenvalue weighted by molar-refractivity contribution is 5.69. The normalized spacial score (nSPS) is 14.0. The van der Waals surface area contributed by atoms with Gasteiger partial charge in [-0.1, -0.05) is 29.8 Å². The van der Waals surface area contributed by atoms with Crippen molar-refractivity contribution in [2.24, 2.45) is 10.2 Å². The van der Waals surface area contributed by atoms with Crippen molar-refractivity contribution in [1.82, 2.24) is 14.9 Å². The lowest BCUT2D eigenvalue weighted by Crippen LogP contribution is -2.29. The fraction of sp³-hybridized carbons (Fsp3) is 0.353. The van der Waals surface area contributed by atoms with Gasteiger partial charge in [-0.05, 0) is 12.5 Å². The van der Waals surface area contributed by atoms with Crippen molar-refractivity contribution in [2.45, 2.75) is 13.5 Å². The molecule has 9 nitrogen and oxygen atoms in total. The van der Waals surface area contributed by atoms with Crippen LogP contribution in [0.2, 0.25) is 0 Å². The molecule has 0 spiro atoms. The molecule has 1 amide bonds. The Morgan fingerprint density at radius 3 is 3.00 bits per heavy atom. The number of azo groups is 1. The molecule has 0 bridgehead atoms. The highest BCUT2D eigenvalue weighted by Crippen LogP contribution is 2.17. The quantitative estimate of drug-likeness (QED) is 0.762. The molecule has 9 heteroatoms. The zero-order valence-electron chi connectivity index (χ0n) is 14.5. The number of rotatable bonds is 7. The molecule has 1 saturated heterocycles. The zero-order chi connectivity index (χ0) is 18.4. The van der Waals surface area contributed by atoms with E-state index in [1.807, 2.05) is 31.2 Å². The Hall–Kier alpha value is -3.23. The maximum Gasteiger partial charge on any atom is 0.410 e. The molecule has 2 N–H and O–H groups in total. The first-order valence-corrected chi connectivity index (χ1v) is 8.22. The van der Waals surface area contributed by atoms with Crippen molar-refractivity contribution in [2.75, 3.05) is 32.0 Å². The van der Waals surface area contributed by atoms with Crippen LogP contribution in [0.25, 0.3) is 0 Å². The second kappa shape index (κ2) is 8.24. The van der Waals surface area contributed by atoms with E-state index >= 15 is 0 Å². The second-order valence-corrected chi connectivity index (χ2v) is 5.77. The smallest absolute Gasteiger partial charge is 0.410 e. The third-order valence-corrected chi connectivity index (χ3v) is 3.66. The number of cyclic esters (lactones) is 1. The van der Waals surface area contributed by atoms with Gasteiger partial charge >= 0.3 is 12.1 Å². The van der Waals surface area contributed by atoms with Gasteiger partial charge in [-0.2, -0.15) is 15.1 Å². The highest BCUT2D eigenvalue weighted by atomic mass is 16.6. The van der Waals surface area contributed by atoms with Crippen molar-refractivity contribution in [3.05, 3.63) is 41.5 Å². The van der Waals surface area contributed by atoms with Gasteiger partial charge in [-0.3, -0.25) is 0 Å². The van der Waals surface area contributed by atoms with Crippen LogP contribution in [0.3, 0.4) is 0 Å². The van der Waals surface area contributed by atoms with Crippen LogP contribution in [0.5, 0.6) is 6.01 Å². The number of nitrogens with two attached hydrogens (primary N) is 1. The predicted molar refractivity (Wildman–Crippen MR) is 94.3 cm³/mol. The minimum Gasteiger partial charge on any atom is -0.461 e. The third-order valence-electron chi connectivity index (χ3n) is 3.66. The molecule has 0 radical (unpaired) electrons. The van der Waals surface area contributed by atoms with Crippen molar-refractivity contribution in [3.8, 4) is 6.01 Å². The Balaban J connectivity index is 1.56. The number of amides is 1. The van der Waals surface area contributed by atoms with E-state index in [1.54, 1.807) is 4.90 Å². The Morgan fingerprint density at radius 1 is 1.35 bits per heavy atom. The summed E-state index contributed by atoms with van der Waals surface area (Å²) in [6, 6.07) is 9.65. The number of ether oxygens (including phenoxy) is 2. The molecular weight excluding hydrogens is 336 g/mol. The number of aromatic nitrogens is 2. The van der Waals surface area contributed by atoms with Gasteiger partial charge in [-0.25, -0.2) is 4.79 Å². The van der Waals surface area contributed by atoms with Crippen LogP contribution < -0.4 is 10.5 Å². The van der Waals surface area contributed by atoms with E-state index in [0.717, 1.165) is 5.56 Å². The van der Waals surface area contributed by atoms with Crippen LogP contribution in [-0.4, -0.2) is 47.3 Å². The maximum atomic E-state index is 11.4. The van der Waals surface area contributed by atoms with E-state index in [-0.39, 0.29) is 24.5 Å². The number of nitrogen functional groups attached to an aromatic ring is 1. The number of nitrogens with zero attached hydrogens (tertiary/aromatic N) is 5. The summed E-state index contributed by atoms with van der Waals surface area (Å²) in [7, 11) is 0. The molecule has 136 valence electrons. The molecule has 0 atom stereocenters. The number of benzene rings is 1. The van der Waals surface area contributed by atoms with Gasteiger partial charge in [0.1, 0.15) is 19.0 Å². The number of aryl methyl sites for hydroxylation is 1. The predicted octanol–water partition coefficient (Wildman–Crippen LogP) is 2.48. The summed E-state index contributed by atoms with van der Waals surface area (Å²) in [5, 5.41) is 8.22. The van der Waals surface area contributed by atoms with E-state index in [2.05, 4.69) is 20.2 Å². The lowest BCUT2D eigenvalue weighted by molar-refractivity contribution is 0.152. The molecule has 1 aliphatic rings. The SMILES string of the molecule is Cc1cccc(CN=Nc2cc(N)nc(OCCN3CCOC3=O)n2)c1. The van der Waals surface area contributed by atoms with Crippen LogP contribution in [0, 0.1) is 6.92 Å². The maximum absolute atomic E-state index is 11.4. The third kappa shape index (κ3) is 4.88. The molecule has 1 aromatic heterocycles. The minimum atomic E-state index is -0.340. The lowest BCUT2D eigenvalue weighted by Gasteiger charge is -2.12. The van der Waals surface area contributed by atoms with Crippen molar-refractivity contribution >= 4 is 17.7 Å². The van der Waals surface area contributed by atoms with Gasteiger partial charge in [-0.15, -0.1) is 5.11 Å². The molecule has 0 unspecified atom stereocenters. The van der Waals surface area contributed by atoms with E-state index in [0.29, 0.717) is 32.1 Å². The second-order valence-electron chi connectivity index (χ2n) is 5.77. The van der Waals surface area contributed by atoms with Crippen LogP contribution >= 0.6 is 0 Å². The van der Waals surface area contributed by atoms with E-state index in [1.165, 1.54) is 11.6 Å². The lowest BCUT2D eigenvalue weighted by atomic mass is 10.1. The summed E-state index contributed by atoms with van der Waals surface area (Å²) in [5.41, 5.74) is 7.99. The van der Waals surface area contributed by atoms with E-state index in [9.17, 15) is 4.79 Å². The summed E-state index contributed by atoms with van der Waals surface area (Å²) in [6.45, 7) is 4.05. The summed E-state index contributed by atoms with van der Waals surface area (Å²) < 4.78 is 10.3. The molecule has 2 aromatic rings. The molecule has 0 saturated carbocycles. The van der Waals surface area contributed by atoms with Crippen LogP contribution in [0.1, 0.15) is 11.1 Å². The van der Waals surface area contributed by atoms with Crippen LogP contribution in [0.15, 0.2) is 40.6 Å². The average molecular weight is 356 g/mol.